The molecule has 3 rings (SSSR count). The zero-order chi connectivity index (χ0) is 25.6. The first kappa shape index (κ1) is 25.8. The van der Waals surface area contributed by atoms with Gasteiger partial charge in [-0.15, -0.1) is 0 Å². The molecule has 0 aliphatic heterocycles. The zero-order valence-electron chi connectivity index (χ0n) is 20.7. The summed E-state index contributed by atoms with van der Waals surface area (Å²) >= 11 is 0. The van der Waals surface area contributed by atoms with Crippen molar-refractivity contribution in [3.63, 3.8) is 0 Å². The van der Waals surface area contributed by atoms with Gasteiger partial charge in [-0.3, -0.25) is 4.79 Å². The van der Waals surface area contributed by atoms with E-state index in [-0.39, 0.29) is 17.2 Å². The lowest BCUT2D eigenvalue weighted by atomic mass is 9.96. The Labute approximate surface area is 205 Å². The number of benzene rings is 2. The Bertz CT molecular complexity index is 1230. The molecule has 0 atom stereocenters. The first-order valence-corrected chi connectivity index (χ1v) is 11.3. The van der Waals surface area contributed by atoms with Crippen molar-refractivity contribution in [2.45, 2.75) is 39.7 Å². The number of carbonyl (C=O) groups excluding carboxylic acids is 2. The second kappa shape index (κ2) is 11.1. The molecule has 35 heavy (non-hydrogen) atoms. The highest BCUT2D eigenvalue weighted by Gasteiger charge is 2.17. The van der Waals surface area contributed by atoms with Gasteiger partial charge in [0.1, 0.15) is 11.6 Å². The van der Waals surface area contributed by atoms with Crippen molar-refractivity contribution < 1.29 is 18.7 Å². The van der Waals surface area contributed by atoms with Gasteiger partial charge in [-0.25, -0.2) is 14.2 Å². The minimum absolute atomic E-state index is 0.0939. The van der Waals surface area contributed by atoms with Crippen LogP contribution in [-0.4, -0.2) is 36.2 Å². The van der Waals surface area contributed by atoms with Gasteiger partial charge in [0.15, 0.2) is 0 Å². The predicted molar refractivity (Wildman–Crippen MR) is 137 cm³/mol. The second-order valence-electron chi connectivity index (χ2n) is 8.93. The summed E-state index contributed by atoms with van der Waals surface area (Å²) in [5.74, 6) is -0.245. The number of halogens is 1. The summed E-state index contributed by atoms with van der Waals surface area (Å²) in [7, 11) is 1.62. The lowest BCUT2D eigenvalue weighted by Crippen LogP contribution is -2.34. The van der Waals surface area contributed by atoms with Crippen LogP contribution in [-0.2, 0) is 9.53 Å². The van der Waals surface area contributed by atoms with Gasteiger partial charge in [0.25, 0.3) is 0 Å². The molecule has 1 aromatic heterocycles. The third-order valence-corrected chi connectivity index (χ3v) is 5.70. The van der Waals surface area contributed by atoms with Crippen LogP contribution < -0.4 is 16.0 Å². The second-order valence-corrected chi connectivity index (χ2v) is 8.93. The van der Waals surface area contributed by atoms with Gasteiger partial charge < -0.3 is 20.7 Å². The average molecular weight is 479 g/mol. The van der Waals surface area contributed by atoms with Gasteiger partial charge in [-0.2, -0.15) is 0 Å². The Balaban J connectivity index is 1.82. The average Bonchev–Trinajstić information content (AvgIpc) is 2.80. The maximum Gasteiger partial charge on any atom is 0.319 e. The van der Waals surface area contributed by atoms with E-state index in [1.807, 2.05) is 51.1 Å². The summed E-state index contributed by atoms with van der Waals surface area (Å²) in [6.45, 7) is 7.50. The van der Waals surface area contributed by atoms with Crippen molar-refractivity contribution in [2.24, 2.45) is 0 Å². The Kier molecular flexibility index (Phi) is 8.19. The summed E-state index contributed by atoms with van der Waals surface area (Å²) < 4.78 is 20.0. The number of urea groups is 1. The molecule has 0 saturated heterocycles. The number of aryl methyl sites for hydroxylation is 1. The molecule has 1 heterocycles. The molecule has 0 aliphatic carbocycles. The SMILES string of the molecule is COC(C)(C)CCNC(=O)Nc1cc(-c2cccc(-c3ccnc(NC(C)=O)c3)c2)c(C)cc1F. The van der Waals surface area contributed by atoms with Gasteiger partial charge >= 0.3 is 6.03 Å². The topological polar surface area (TPSA) is 92.3 Å². The van der Waals surface area contributed by atoms with Gasteiger partial charge in [0.05, 0.1) is 11.3 Å². The fourth-order valence-electron chi connectivity index (χ4n) is 3.55. The minimum atomic E-state index is -0.510. The van der Waals surface area contributed by atoms with Gasteiger partial charge in [0.2, 0.25) is 5.91 Å². The molecule has 0 fully saturated rings. The molecule has 0 saturated carbocycles. The van der Waals surface area contributed by atoms with Crippen molar-refractivity contribution in [2.75, 3.05) is 24.3 Å². The molecule has 0 bridgehead atoms. The van der Waals surface area contributed by atoms with Crippen molar-refractivity contribution >= 4 is 23.4 Å². The molecule has 3 amide bonds. The maximum absolute atomic E-state index is 14.7. The van der Waals surface area contributed by atoms with Gasteiger partial charge in [0, 0.05) is 26.8 Å². The Morgan fingerprint density at radius 3 is 2.46 bits per heavy atom. The molecular weight excluding hydrogens is 447 g/mol. The summed E-state index contributed by atoms with van der Waals surface area (Å²) in [6.07, 6.45) is 2.24. The Morgan fingerprint density at radius 2 is 1.74 bits per heavy atom. The van der Waals surface area contributed by atoms with E-state index in [9.17, 15) is 14.0 Å². The molecule has 8 heteroatoms. The molecule has 3 aromatic rings. The Hall–Kier alpha value is -3.78. The van der Waals surface area contributed by atoms with Crippen LogP contribution >= 0.6 is 0 Å². The van der Waals surface area contributed by atoms with Gasteiger partial charge in [-0.05, 0) is 85.3 Å². The number of rotatable bonds is 8. The highest BCUT2D eigenvalue weighted by Crippen LogP contribution is 2.32. The normalized spacial score (nSPS) is 11.1. The number of nitrogens with one attached hydrogen (secondary N) is 3. The number of nitrogens with zero attached hydrogens (tertiary/aromatic N) is 1. The quantitative estimate of drug-likeness (QED) is 0.384. The van der Waals surface area contributed by atoms with E-state index in [1.54, 1.807) is 25.4 Å². The number of methoxy groups -OCH3 is 1. The monoisotopic (exact) mass is 478 g/mol. The van der Waals surface area contributed by atoms with E-state index in [0.717, 1.165) is 27.8 Å². The largest absolute Gasteiger partial charge is 0.379 e. The molecule has 3 N–H and O–H groups in total. The summed E-state index contributed by atoms with van der Waals surface area (Å²) in [5.41, 5.74) is 3.91. The van der Waals surface area contributed by atoms with Crippen LogP contribution in [0.3, 0.4) is 0 Å². The van der Waals surface area contributed by atoms with E-state index in [0.29, 0.717) is 18.8 Å². The van der Waals surface area contributed by atoms with Crippen LogP contribution in [0.5, 0.6) is 0 Å². The van der Waals surface area contributed by atoms with Crippen molar-refractivity contribution in [1.29, 1.82) is 0 Å². The van der Waals surface area contributed by atoms with Crippen LogP contribution in [0, 0.1) is 12.7 Å². The fraction of sp³-hybridized carbons (Fsp3) is 0.296. The lowest BCUT2D eigenvalue weighted by Gasteiger charge is -2.22. The van der Waals surface area contributed by atoms with E-state index in [1.165, 1.54) is 13.0 Å². The third kappa shape index (κ3) is 7.10. The summed E-state index contributed by atoms with van der Waals surface area (Å²) in [4.78, 5) is 27.9. The number of anilines is 2. The van der Waals surface area contributed by atoms with Crippen molar-refractivity contribution in [3.05, 3.63) is 66.1 Å². The maximum atomic E-state index is 14.7. The van der Waals surface area contributed by atoms with Crippen LogP contribution in [0.15, 0.2) is 54.7 Å². The summed E-state index contributed by atoms with van der Waals surface area (Å²) in [5, 5.41) is 8.03. The molecule has 0 aliphatic rings. The van der Waals surface area contributed by atoms with Crippen LogP contribution in [0.2, 0.25) is 0 Å². The smallest absolute Gasteiger partial charge is 0.319 e. The molecule has 184 valence electrons. The predicted octanol–water partition coefficient (Wildman–Crippen LogP) is 5.76. The first-order chi connectivity index (χ1) is 16.6. The molecule has 0 spiro atoms. The van der Waals surface area contributed by atoms with E-state index in [2.05, 4.69) is 20.9 Å². The molecule has 0 radical (unpaired) electrons. The van der Waals surface area contributed by atoms with Gasteiger partial charge in [-0.1, -0.05) is 18.2 Å². The highest BCUT2D eigenvalue weighted by atomic mass is 19.1. The fourth-order valence-corrected chi connectivity index (χ4v) is 3.55. The van der Waals surface area contributed by atoms with E-state index < -0.39 is 11.8 Å². The number of amides is 3. The number of hydrogen-bond acceptors (Lipinski definition) is 4. The van der Waals surface area contributed by atoms with E-state index >= 15 is 0 Å². The standard InChI is InChI=1S/C27H31FN4O3/c1-17-13-23(28)24(32-26(34)30-12-10-27(3,4)35-5)16-22(17)21-8-6-7-19(14-21)20-9-11-29-25(15-20)31-18(2)33/h6-9,11,13-16H,10,12H2,1-5H3,(H,29,31,33)(H2,30,32,34). The number of hydrogen-bond donors (Lipinski definition) is 3. The number of pyridine rings is 1. The molecule has 7 nitrogen and oxygen atoms in total. The van der Waals surface area contributed by atoms with E-state index in [4.69, 9.17) is 4.74 Å². The number of ether oxygens (including phenoxy) is 1. The Morgan fingerprint density at radius 1 is 1.03 bits per heavy atom. The lowest BCUT2D eigenvalue weighted by molar-refractivity contribution is -0.114. The van der Waals surface area contributed by atoms with Crippen LogP contribution in [0.4, 0.5) is 20.7 Å². The number of carbonyl (C=O) groups is 2. The van der Waals surface area contributed by atoms with Crippen molar-refractivity contribution in [1.82, 2.24) is 10.3 Å². The minimum Gasteiger partial charge on any atom is -0.379 e. The molecule has 0 unspecified atom stereocenters. The third-order valence-electron chi connectivity index (χ3n) is 5.70. The summed E-state index contributed by atoms with van der Waals surface area (Å²) in [6, 6.07) is 14.0. The molecular formula is C27H31FN4O3. The van der Waals surface area contributed by atoms with Crippen LogP contribution in [0.25, 0.3) is 22.3 Å². The first-order valence-electron chi connectivity index (χ1n) is 11.3. The number of aromatic nitrogens is 1. The van der Waals surface area contributed by atoms with Crippen molar-refractivity contribution in [3.8, 4) is 22.3 Å². The molecule has 2 aromatic carbocycles. The zero-order valence-corrected chi connectivity index (χ0v) is 20.7. The highest BCUT2D eigenvalue weighted by molar-refractivity contribution is 5.91. The van der Waals surface area contributed by atoms with Crippen LogP contribution in [0.1, 0.15) is 32.8 Å².